The maximum atomic E-state index is 13.0. The molecule has 1 aliphatic rings. The Morgan fingerprint density at radius 1 is 0.772 bits per heavy atom. The number of hydrogen-bond donors (Lipinski definition) is 8. The monoisotopic (exact) mass is 816 g/mol. The number of ether oxygens (including phenoxy) is 5. The van der Waals surface area contributed by atoms with Crippen LogP contribution in [-0.2, 0) is 44.5 Å². The average molecular weight is 817 g/mol. The highest BCUT2D eigenvalue weighted by Gasteiger charge is 2.49. The van der Waals surface area contributed by atoms with Crippen LogP contribution in [0.3, 0.4) is 0 Å². The lowest BCUT2D eigenvalue weighted by molar-refractivity contribution is -0.324. The summed E-state index contributed by atoms with van der Waals surface area (Å²) in [7, 11) is 0. The number of aryl methyl sites for hydroxylation is 1. The first-order chi connectivity index (χ1) is 27.1. The third kappa shape index (κ3) is 17.1. The molecule has 2 rings (SSSR count). The van der Waals surface area contributed by atoms with E-state index in [2.05, 4.69) is 0 Å². The molecule has 1 aromatic carbocycles. The number of aliphatic hydroxyl groups is 6. The zero-order chi connectivity index (χ0) is 42.5. The third-order valence-electron chi connectivity index (χ3n) is 9.90. The standard InChI is InChI=1S/C40H64O17/c1-24(18-15-13-11-9-7-5-4-6-8-10-12-14-16-19-27-20-17-21-28(45)31(27)38(50)51)53-39(52)36(54-25(2)43)34(48)32(46)29(22-41)56-40-37(55-26(3)44)35(49)33(47)30(23-42)57-40/h17,20-21,24,29-30,32-37,40-42,45-49H,4-16,18-19,22-23H2,1-3H3,(H,50,51)/t24-,29+,30-,32-,33-,34-,35+,36+,37-,40-/m1/s1. The Morgan fingerprint density at radius 2 is 1.33 bits per heavy atom. The highest BCUT2D eigenvalue weighted by atomic mass is 16.7. The lowest BCUT2D eigenvalue weighted by Crippen LogP contribution is -2.62. The smallest absolute Gasteiger partial charge is 0.350 e. The van der Waals surface area contributed by atoms with Crippen LogP contribution in [0.25, 0.3) is 0 Å². The Bertz CT molecular complexity index is 1360. The maximum absolute atomic E-state index is 13.0. The van der Waals surface area contributed by atoms with Crippen LogP contribution < -0.4 is 0 Å². The third-order valence-corrected chi connectivity index (χ3v) is 9.90. The van der Waals surface area contributed by atoms with Crippen molar-refractivity contribution in [1.82, 2.24) is 0 Å². The summed E-state index contributed by atoms with van der Waals surface area (Å²) < 4.78 is 26.3. The summed E-state index contributed by atoms with van der Waals surface area (Å²) >= 11 is 0. The summed E-state index contributed by atoms with van der Waals surface area (Å²) in [5, 5.41) is 81.1. The van der Waals surface area contributed by atoms with E-state index in [9.17, 15) is 60.0 Å². The molecule has 1 heterocycles. The van der Waals surface area contributed by atoms with Gasteiger partial charge in [0, 0.05) is 13.8 Å². The Kier molecular flexibility index (Phi) is 23.2. The number of esters is 3. The molecule has 0 unspecified atom stereocenters. The van der Waals surface area contributed by atoms with Gasteiger partial charge in [-0.1, -0.05) is 82.8 Å². The molecule has 1 saturated heterocycles. The molecule has 326 valence electrons. The second-order valence-corrected chi connectivity index (χ2v) is 14.6. The van der Waals surface area contributed by atoms with E-state index in [0.717, 1.165) is 97.3 Å². The number of carboxylic acids is 1. The van der Waals surface area contributed by atoms with Gasteiger partial charge in [0.2, 0.25) is 6.10 Å². The van der Waals surface area contributed by atoms with Gasteiger partial charge in [0.05, 0.1) is 19.3 Å². The minimum absolute atomic E-state index is 0.00386. The fraction of sp³-hybridized carbons (Fsp3) is 0.750. The number of rotatable bonds is 28. The summed E-state index contributed by atoms with van der Waals surface area (Å²) in [4.78, 5) is 47.9. The van der Waals surface area contributed by atoms with Crippen molar-refractivity contribution in [3.63, 3.8) is 0 Å². The van der Waals surface area contributed by atoms with Crippen molar-refractivity contribution < 1.29 is 83.7 Å². The van der Waals surface area contributed by atoms with Crippen molar-refractivity contribution in [3.05, 3.63) is 29.3 Å². The van der Waals surface area contributed by atoms with E-state index < -0.39 is 98.3 Å². The van der Waals surface area contributed by atoms with Gasteiger partial charge in [-0.25, -0.2) is 9.59 Å². The van der Waals surface area contributed by atoms with Crippen LogP contribution in [0.15, 0.2) is 18.2 Å². The van der Waals surface area contributed by atoms with E-state index in [-0.39, 0.29) is 11.3 Å². The van der Waals surface area contributed by atoms with E-state index in [4.69, 9.17) is 23.7 Å². The molecule has 0 amide bonds. The topological polar surface area (TPSA) is 276 Å². The molecule has 0 spiro atoms. The number of aliphatic hydroxyl groups excluding tert-OH is 6. The second kappa shape index (κ2) is 26.6. The van der Waals surface area contributed by atoms with Gasteiger partial charge >= 0.3 is 23.9 Å². The fourth-order valence-corrected chi connectivity index (χ4v) is 6.78. The van der Waals surface area contributed by atoms with Crippen molar-refractivity contribution >= 4 is 23.9 Å². The minimum atomic E-state index is -2.18. The molecule has 8 N–H and O–H groups in total. The fourth-order valence-electron chi connectivity index (χ4n) is 6.78. The molecule has 0 aliphatic carbocycles. The molecular weight excluding hydrogens is 752 g/mol. The zero-order valence-electron chi connectivity index (χ0n) is 33.3. The van der Waals surface area contributed by atoms with Gasteiger partial charge in [-0.15, -0.1) is 0 Å². The summed E-state index contributed by atoms with van der Waals surface area (Å²) in [6.07, 6.45) is -2.32. The first-order valence-corrected chi connectivity index (χ1v) is 20.0. The molecule has 1 aromatic rings. The molecule has 57 heavy (non-hydrogen) atoms. The highest BCUT2D eigenvalue weighted by Crippen LogP contribution is 2.27. The molecule has 1 fully saturated rings. The Labute approximate surface area is 333 Å². The number of carbonyl (C=O) groups excluding carboxylic acids is 3. The summed E-state index contributed by atoms with van der Waals surface area (Å²) in [5.74, 6) is -4.31. The summed E-state index contributed by atoms with van der Waals surface area (Å²) in [5.41, 5.74) is 0.661. The zero-order valence-corrected chi connectivity index (χ0v) is 33.3. The summed E-state index contributed by atoms with van der Waals surface area (Å²) in [6.45, 7) is 1.84. The van der Waals surface area contributed by atoms with Gasteiger partial charge in [-0.2, -0.15) is 0 Å². The van der Waals surface area contributed by atoms with Crippen LogP contribution in [0.1, 0.15) is 127 Å². The molecule has 0 aromatic heterocycles. The molecule has 17 heteroatoms. The highest BCUT2D eigenvalue weighted by molar-refractivity contribution is 5.92. The van der Waals surface area contributed by atoms with E-state index in [0.29, 0.717) is 18.4 Å². The van der Waals surface area contributed by atoms with Crippen molar-refractivity contribution in [2.75, 3.05) is 13.2 Å². The Morgan fingerprint density at radius 3 is 1.84 bits per heavy atom. The second-order valence-electron chi connectivity index (χ2n) is 14.6. The maximum Gasteiger partial charge on any atom is 0.350 e. The number of phenols is 1. The molecule has 10 atom stereocenters. The number of benzene rings is 1. The van der Waals surface area contributed by atoms with Gasteiger partial charge in [-0.3, -0.25) is 9.59 Å². The van der Waals surface area contributed by atoms with Crippen LogP contribution in [0.2, 0.25) is 0 Å². The number of carboxylic acid groups (broad SMARTS) is 1. The molecule has 0 radical (unpaired) electrons. The predicted octanol–water partition coefficient (Wildman–Crippen LogP) is 2.43. The molecule has 1 aliphatic heterocycles. The quantitative estimate of drug-likeness (QED) is 0.0343. The van der Waals surface area contributed by atoms with E-state index in [1.54, 1.807) is 19.1 Å². The summed E-state index contributed by atoms with van der Waals surface area (Å²) in [6, 6.07) is 4.81. The number of hydrogen-bond acceptors (Lipinski definition) is 16. The van der Waals surface area contributed by atoms with Crippen molar-refractivity contribution in [2.45, 2.75) is 178 Å². The number of aromatic hydroxyl groups is 1. The lowest BCUT2D eigenvalue weighted by atomic mass is 9.98. The average Bonchev–Trinajstić information content (AvgIpc) is 3.15. The molecule has 0 saturated carbocycles. The lowest BCUT2D eigenvalue weighted by Gasteiger charge is -2.42. The van der Waals surface area contributed by atoms with E-state index in [1.165, 1.54) is 6.07 Å². The van der Waals surface area contributed by atoms with Crippen molar-refractivity contribution in [3.8, 4) is 5.75 Å². The normalized spacial score (nSPS) is 22.2. The number of unbranched alkanes of at least 4 members (excludes halogenated alkanes) is 12. The molecule has 0 bridgehead atoms. The van der Waals surface area contributed by atoms with Gasteiger partial charge in [-0.05, 0) is 44.2 Å². The van der Waals surface area contributed by atoms with E-state index in [1.807, 2.05) is 0 Å². The van der Waals surface area contributed by atoms with Crippen LogP contribution in [0.4, 0.5) is 0 Å². The largest absolute Gasteiger partial charge is 0.507 e. The molecule has 17 nitrogen and oxygen atoms in total. The van der Waals surface area contributed by atoms with Crippen LogP contribution in [-0.4, -0.2) is 139 Å². The number of aromatic carboxylic acids is 1. The predicted molar refractivity (Wildman–Crippen MR) is 202 cm³/mol. The Balaban J connectivity index is 1.68. The van der Waals surface area contributed by atoms with Crippen LogP contribution in [0, 0.1) is 0 Å². The minimum Gasteiger partial charge on any atom is -0.507 e. The van der Waals surface area contributed by atoms with Crippen LogP contribution in [0.5, 0.6) is 5.75 Å². The van der Waals surface area contributed by atoms with Gasteiger partial charge < -0.3 is 64.5 Å². The van der Waals surface area contributed by atoms with Crippen molar-refractivity contribution in [2.24, 2.45) is 0 Å². The van der Waals surface area contributed by atoms with Crippen LogP contribution >= 0.6 is 0 Å². The molecular formula is C40H64O17. The first-order valence-electron chi connectivity index (χ1n) is 20.0. The van der Waals surface area contributed by atoms with Gasteiger partial charge in [0.1, 0.15) is 47.9 Å². The Hall–Kier alpha value is -3.42. The first kappa shape index (κ1) is 49.7. The van der Waals surface area contributed by atoms with Crippen molar-refractivity contribution in [1.29, 1.82) is 0 Å². The van der Waals surface area contributed by atoms with Gasteiger partial charge in [0.25, 0.3) is 0 Å². The van der Waals surface area contributed by atoms with E-state index >= 15 is 0 Å². The van der Waals surface area contributed by atoms with Gasteiger partial charge in [0.15, 0.2) is 12.4 Å². The number of carbonyl (C=O) groups is 4. The SMILES string of the molecule is CC(=O)O[C@H]1[C@H](O[C@@H](CO)[C@@H](O)[C@@H](O)[C@H](OC(C)=O)C(=O)O[C@H](C)CCCCCCCCCCCCCCCc2cccc(O)c2C(=O)O)O[C@H](CO)[C@@H](O)[C@@H]1O.